The van der Waals surface area contributed by atoms with Gasteiger partial charge in [0, 0.05) is 4.88 Å². The fourth-order valence-corrected chi connectivity index (χ4v) is 3.23. The fraction of sp³-hybridized carbons (Fsp3) is 0.636. The Morgan fingerprint density at radius 3 is 2.88 bits per heavy atom. The van der Waals surface area contributed by atoms with Gasteiger partial charge >= 0.3 is 0 Å². The molecule has 0 saturated carbocycles. The van der Waals surface area contributed by atoms with Gasteiger partial charge in [-0.25, -0.2) is 0 Å². The van der Waals surface area contributed by atoms with E-state index in [1.807, 2.05) is 14.0 Å². The molecule has 1 aliphatic rings. The minimum atomic E-state index is 0.0767. The lowest BCUT2D eigenvalue weighted by Gasteiger charge is -2.29. The summed E-state index contributed by atoms with van der Waals surface area (Å²) in [6, 6.07) is 2.28. The van der Waals surface area contributed by atoms with Crippen molar-refractivity contribution < 1.29 is 9.47 Å². The standard InChI is InChI=1S/C11H16ClNO2S/c1-7-5-9(16-11(7)12)10(13-2)8-6-14-3-4-15-8/h5,8,10,13H,3-4,6H2,1-2H3. The number of rotatable bonds is 3. The average molecular weight is 262 g/mol. The number of hydrogen-bond acceptors (Lipinski definition) is 4. The molecule has 1 fully saturated rings. The second-order valence-electron chi connectivity index (χ2n) is 3.86. The monoisotopic (exact) mass is 261 g/mol. The molecule has 0 amide bonds. The second kappa shape index (κ2) is 5.47. The van der Waals surface area contributed by atoms with Gasteiger partial charge in [-0.3, -0.25) is 0 Å². The molecule has 1 aromatic heterocycles. The quantitative estimate of drug-likeness (QED) is 0.906. The van der Waals surface area contributed by atoms with Gasteiger partial charge in [0.25, 0.3) is 0 Å². The maximum Gasteiger partial charge on any atom is 0.101 e. The molecule has 1 aromatic rings. The first-order chi connectivity index (χ1) is 7.72. The summed E-state index contributed by atoms with van der Waals surface area (Å²) in [6.07, 6.45) is 0.0767. The van der Waals surface area contributed by atoms with Crippen LogP contribution in [0, 0.1) is 6.92 Å². The maximum atomic E-state index is 6.09. The van der Waals surface area contributed by atoms with Crippen LogP contribution in [-0.2, 0) is 9.47 Å². The van der Waals surface area contributed by atoms with Crippen molar-refractivity contribution in [3.63, 3.8) is 0 Å². The smallest absolute Gasteiger partial charge is 0.101 e. The van der Waals surface area contributed by atoms with Gasteiger partial charge in [-0.15, -0.1) is 11.3 Å². The molecule has 0 bridgehead atoms. The molecular formula is C11H16ClNO2S. The highest BCUT2D eigenvalue weighted by atomic mass is 35.5. The zero-order valence-corrected chi connectivity index (χ0v) is 11.0. The van der Waals surface area contributed by atoms with Crippen LogP contribution in [0.25, 0.3) is 0 Å². The van der Waals surface area contributed by atoms with E-state index in [0.29, 0.717) is 19.8 Å². The van der Waals surface area contributed by atoms with E-state index < -0.39 is 0 Å². The van der Waals surface area contributed by atoms with Gasteiger partial charge in [0.1, 0.15) is 6.10 Å². The van der Waals surface area contributed by atoms with E-state index in [2.05, 4.69) is 11.4 Å². The first-order valence-corrected chi connectivity index (χ1v) is 6.54. The third kappa shape index (κ3) is 2.57. The number of ether oxygens (including phenoxy) is 2. The molecule has 16 heavy (non-hydrogen) atoms. The Kier molecular flexibility index (Phi) is 4.21. The van der Waals surface area contributed by atoms with Crippen LogP contribution in [0.2, 0.25) is 4.34 Å². The molecule has 2 unspecified atom stereocenters. The highest BCUT2D eigenvalue weighted by Crippen LogP contribution is 2.33. The Hall–Kier alpha value is -0.130. The second-order valence-corrected chi connectivity index (χ2v) is 5.54. The predicted octanol–water partition coefficient (Wildman–Crippen LogP) is 2.39. The highest BCUT2D eigenvalue weighted by Gasteiger charge is 2.26. The summed E-state index contributed by atoms with van der Waals surface area (Å²) in [4.78, 5) is 1.21. The number of halogens is 1. The van der Waals surface area contributed by atoms with Crippen molar-refractivity contribution in [1.82, 2.24) is 5.32 Å². The van der Waals surface area contributed by atoms with Gasteiger partial charge in [-0.1, -0.05) is 11.6 Å². The Morgan fingerprint density at radius 1 is 1.56 bits per heavy atom. The molecule has 90 valence electrons. The van der Waals surface area contributed by atoms with Crippen molar-refractivity contribution in [2.75, 3.05) is 26.9 Å². The highest BCUT2D eigenvalue weighted by molar-refractivity contribution is 7.16. The molecule has 0 aliphatic carbocycles. The summed E-state index contributed by atoms with van der Waals surface area (Å²) < 4.78 is 12.0. The lowest BCUT2D eigenvalue weighted by molar-refractivity contribution is -0.101. The summed E-state index contributed by atoms with van der Waals surface area (Å²) in [5, 5.41) is 3.28. The van der Waals surface area contributed by atoms with Crippen LogP contribution in [-0.4, -0.2) is 33.0 Å². The van der Waals surface area contributed by atoms with E-state index in [9.17, 15) is 0 Å². The van der Waals surface area contributed by atoms with E-state index in [4.69, 9.17) is 21.1 Å². The summed E-state index contributed by atoms with van der Waals surface area (Å²) in [5.74, 6) is 0. The van der Waals surface area contributed by atoms with Crippen LogP contribution < -0.4 is 5.32 Å². The molecule has 3 nitrogen and oxygen atoms in total. The zero-order valence-electron chi connectivity index (χ0n) is 9.46. The molecule has 5 heteroatoms. The van der Waals surface area contributed by atoms with E-state index in [1.54, 1.807) is 11.3 Å². The predicted molar refractivity (Wildman–Crippen MR) is 66.4 cm³/mol. The van der Waals surface area contributed by atoms with Crippen molar-refractivity contribution in [1.29, 1.82) is 0 Å². The van der Waals surface area contributed by atoms with Gasteiger partial charge in [0.05, 0.1) is 30.2 Å². The van der Waals surface area contributed by atoms with Crippen molar-refractivity contribution in [3.8, 4) is 0 Å². The molecule has 1 saturated heterocycles. The minimum absolute atomic E-state index is 0.0767. The summed E-state index contributed by atoms with van der Waals surface area (Å²) in [5.41, 5.74) is 1.12. The Labute approximate surface area is 105 Å². The third-order valence-electron chi connectivity index (χ3n) is 2.71. The van der Waals surface area contributed by atoms with E-state index in [0.717, 1.165) is 9.90 Å². The van der Waals surface area contributed by atoms with Gasteiger partial charge in [-0.2, -0.15) is 0 Å². The summed E-state index contributed by atoms with van der Waals surface area (Å²) >= 11 is 7.70. The van der Waals surface area contributed by atoms with Crippen LogP contribution in [0.3, 0.4) is 0 Å². The maximum absolute atomic E-state index is 6.09. The van der Waals surface area contributed by atoms with Gasteiger partial charge in [0.2, 0.25) is 0 Å². The molecule has 0 spiro atoms. The fourth-order valence-electron chi connectivity index (χ4n) is 1.85. The van der Waals surface area contributed by atoms with Gasteiger partial charge in [0.15, 0.2) is 0 Å². The van der Waals surface area contributed by atoms with Crippen molar-refractivity contribution >= 4 is 22.9 Å². The largest absolute Gasteiger partial charge is 0.376 e. The first kappa shape index (κ1) is 12.3. The van der Waals surface area contributed by atoms with Crippen LogP contribution >= 0.6 is 22.9 Å². The van der Waals surface area contributed by atoms with Crippen LogP contribution in [0.4, 0.5) is 0 Å². The summed E-state index contributed by atoms with van der Waals surface area (Å²) in [6.45, 7) is 4.02. The van der Waals surface area contributed by atoms with Gasteiger partial charge < -0.3 is 14.8 Å². The molecule has 2 heterocycles. The van der Waals surface area contributed by atoms with E-state index in [1.165, 1.54) is 4.88 Å². The Bertz CT molecular complexity index is 330. The van der Waals surface area contributed by atoms with Crippen LogP contribution in [0.1, 0.15) is 16.5 Å². The zero-order chi connectivity index (χ0) is 11.5. The molecule has 2 atom stereocenters. The molecule has 1 aliphatic heterocycles. The lowest BCUT2D eigenvalue weighted by atomic mass is 10.1. The molecule has 0 aromatic carbocycles. The molecule has 0 radical (unpaired) electrons. The molecular weight excluding hydrogens is 246 g/mol. The Balaban J connectivity index is 2.14. The minimum Gasteiger partial charge on any atom is -0.376 e. The molecule has 2 rings (SSSR count). The van der Waals surface area contributed by atoms with Crippen LogP contribution in [0.15, 0.2) is 6.07 Å². The van der Waals surface area contributed by atoms with Crippen molar-refractivity contribution in [2.24, 2.45) is 0 Å². The van der Waals surface area contributed by atoms with E-state index in [-0.39, 0.29) is 12.1 Å². The number of thiophene rings is 1. The third-order valence-corrected chi connectivity index (χ3v) is 4.35. The first-order valence-electron chi connectivity index (χ1n) is 5.35. The van der Waals surface area contributed by atoms with Crippen molar-refractivity contribution in [2.45, 2.75) is 19.1 Å². The average Bonchev–Trinajstić information content (AvgIpc) is 2.61. The Morgan fingerprint density at radius 2 is 2.38 bits per heavy atom. The van der Waals surface area contributed by atoms with Crippen LogP contribution in [0.5, 0.6) is 0 Å². The number of aryl methyl sites for hydroxylation is 1. The van der Waals surface area contributed by atoms with E-state index >= 15 is 0 Å². The van der Waals surface area contributed by atoms with Gasteiger partial charge in [-0.05, 0) is 25.6 Å². The van der Waals surface area contributed by atoms with Crippen molar-refractivity contribution in [3.05, 3.63) is 20.8 Å². The summed E-state index contributed by atoms with van der Waals surface area (Å²) in [7, 11) is 1.94. The SMILES string of the molecule is CNC(c1cc(C)c(Cl)s1)C1COCCO1. The topological polar surface area (TPSA) is 30.5 Å². The lowest BCUT2D eigenvalue weighted by Crippen LogP contribution is -2.38. The number of hydrogen-bond donors (Lipinski definition) is 1. The number of nitrogens with one attached hydrogen (secondary N) is 1. The number of likely N-dealkylation sites (N-methyl/N-ethyl adjacent to an activating group) is 1. The molecule has 1 N–H and O–H groups in total. The normalized spacial score (nSPS) is 23.3.